The molecule has 1 aliphatic heterocycles. The predicted molar refractivity (Wildman–Crippen MR) is 150 cm³/mol. The SMILES string of the molecule is CO[C@H]1CN(C)C(=O)c2cc(NS(=O)(=O)c3ccccc3)ccc2OC[C@H](C)N(Cc2ccccn2)C[C@@H]1C. The van der Waals surface area contributed by atoms with Crippen molar-refractivity contribution in [2.24, 2.45) is 5.92 Å². The van der Waals surface area contributed by atoms with Crippen molar-refractivity contribution in [3.8, 4) is 5.75 Å². The summed E-state index contributed by atoms with van der Waals surface area (Å²) in [4.78, 5) is 22.1. The third kappa shape index (κ3) is 7.14. The Labute approximate surface area is 230 Å². The van der Waals surface area contributed by atoms with Gasteiger partial charge in [0.1, 0.15) is 12.4 Å². The fraction of sp³-hybridized carbons (Fsp3) is 0.379. The van der Waals surface area contributed by atoms with Crippen molar-refractivity contribution in [1.29, 1.82) is 0 Å². The van der Waals surface area contributed by atoms with Crippen LogP contribution in [0.15, 0.2) is 77.8 Å². The number of benzene rings is 2. The lowest BCUT2D eigenvalue weighted by Gasteiger charge is -2.35. The van der Waals surface area contributed by atoms with Gasteiger partial charge in [0.15, 0.2) is 0 Å². The summed E-state index contributed by atoms with van der Waals surface area (Å²) in [6.07, 6.45) is 1.58. The molecule has 2 aromatic carbocycles. The van der Waals surface area contributed by atoms with Gasteiger partial charge in [-0.2, -0.15) is 0 Å². The lowest BCUT2D eigenvalue weighted by Crippen LogP contribution is -2.46. The molecule has 3 aromatic rings. The van der Waals surface area contributed by atoms with Crippen LogP contribution < -0.4 is 9.46 Å². The number of carbonyl (C=O) groups excluding carboxylic acids is 1. The molecule has 39 heavy (non-hydrogen) atoms. The van der Waals surface area contributed by atoms with E-state index in [1.54, 1.807) is 55.6 Å². The lowest BCUT2D eigenvalue weighted by molar-refractivity contribution is 0.00901. The summed E-state index contributed by atoms with van der Waals surface area (Å²) in [7, 11) is -0.453. The molecule has 0 aliphatic carbocycles. The van der Waals surface area contributed by atoms with E-state index in [-0.39, 0.29) is 40.1 Å². The zero-order valence-corrected chi connectivity index (χ0v) is 23.6. The van der Waals surface area contributed by atoms with Crippen molar-refractivity contribution in [2.75, 3.05) is 38.6 Å². The van der Waals surface area contributed by atoms with Crippen LogP contribution in [0.3, 0.4) is 0 Å². The molecule has 1 aliphatic rings. The number of nitrogens with zero attached hydrogens (tertiary/aromatic N) is 3. The first-order chi connectivity index (χ1) is 18.7. The Bertz CT molecular complexity index is 1350. The predicted octanol–water partition coefficient (Wildman–Crippen LogP) is 3.89. The van der Waals surface area contributed by atoms with Crippen molar-refractivity contribution >= 4 is 21.6 Å². The van der Waals surface area contributed by atoms with Crippen LogP contribution >= 0.6 is 0 Å². The number of pyridine rings is 1. The number of likely N-dealkylation sites (N-methyl/N-ethyl adjacent to an activating group) is 1. The fourth-order valence-electron chi connectivity index (χ4n) is 4.65. The van der Waals surface area contributed by atoms with Crippen LogP contribution in [0.2, 0.25) is 0 Å². The molecule has 2 heterocycles. The van der Waals surface area contributed by atoms with E-state index in [0.717, 1.165) is 12.2 Å². The normalized spacial score (nSPS) is 21.3. The number of aromatic nitrogens is 1. The molecule has 9 nitrogen and oxygen atoms in total. The molecule has 0 saturated heterocycles. The molecule has 1 aromatic heterocycles. The number of rotatable bonds is 6. The highest BCUT2D eigenvalue weighted by Crippen LogP contribution is 2.28. The minimum atomic E-state index is -3.83. The van der Waals surface area contributed by atoms with Gasteiger partial charge in [0.2, 0.25) is 0 Å². The number of amides is 1. The fourth-order valence-corrected chi connectivity index (χ4v) is 5.72. The van der Waals surface area contributed by atoms with E-state index in [4.69, 9.17) is 9.47 Å². The average Bonchev–Trinajstić information content (AvgIpc) is 2.94. The molecule has 0 fully saturated rings. The van der Waals surface area contributed by atoms with Crippen LogP contribution in [0.25, 0.3) is 0 Å². The summed E-state index contributed by atoms with van der Waals surface area (Å²) >= 11 is 0. The van der Waals surface area contributed by atoms with E-state index in [1.165, 1.54) is 18.2 Å². The molecular formula is C29H36N4O5S. The summed E-state index contributed by atoms with van der Waals surface area (Å²) in [6.45, 7) is 6.27. The van der Waals surface area contributed by atoms with E-state index in [2.05, 4.69) is 28.5 Å². The Morgan fingerprint density at radius 1 is 1.05 bits per heavy atom. The first-order valence-corrected chi connectivity index (χ1v) is 14.4. The Morgan fingerprint density at radius 2 is 1.79 bits per heavy atom. The Balaban J connectivity index is 1.65. The van der Waals surface area contributed by atoms with Gasteiger partial charge < -0.3 is 14.4 Å². The van der Waals surface area contributed by atoms with E-state index < -0.39 is 10.0 Å². The standard InChI is InChI=1S/C29H36N4O5S/c1-21-17-33(18-24-10-8-9-15-30-24)22(2)20-38-27-14-13-23(31-39(35,36)25-11-6-5-7-12-25)16-26(27)29(34)32(3)19-28(21)37-4/h5-16,21-22,28,31H,17-20H2,1-4H3/t21-,22-,28-/m0/s1. The Kier molecular flexibility index (Phi) is 9.21. The first-order valence-electron chi connectivity index (χ1n) is 12.9. The number of sulfonamides is 1. The van der Waals surface area contributed by atoms with Crippen LogP contribution in [0.1, 0.15) is 29.9 Å². The summed E-state index contributed by atoms with van der Waals surface area (Å²) in [5.74, 6) is 0.222. The number of ether oxygens (including phenoxy) is 2. The first kappa shape index (κ1) is 28.5. The maximum absolute atomic E-state index is 13.6. The van der Waals surface area contributed by atoms with Crippen molar-refractivity contribution in [1.82, 2.24) is 14.8 Å². The number of fused-ring (bicyclic) bond motifs is 1. The number of hydrogen-bond donors (Lipinski definition) is 1. The van der Waals surface area contributed by atoms with Gasteiger partial charge >= 0.3 is 0 Å². The zero-order valence-electron chi connectivity index (χ0n) is 22.8. The van der Waals surface area contributed by atoms with Crippen molar-refractivity contribution in [2.45, 2.75) is 37.4 Å². The van der Waals surface area contributed by atoms with Crippen LogP contribution in [-0.2, 0) is 21.3 Å². The van der Waals surface area contributed by atoms with Gasteiger partial charge in [-0.05, 0) is 55.3 Å². The lowest BCUT2D eigenvalue weighted by atomic mass is 10.0. The molecule has 0 unspecified atom stereocenters. The largest absolute Gasteiger partial charge is 0.491 e. The maximum atomic E-state index is 13.6. The Morgan fingerprint density at radius 3 is 2.49 bits per heavy atom. The molecule has 4 rings (SSSR count). The molecule has 3 atom stereocenters. The average molecular weight is 553 g/mol. The third-order valence-electron chi connectivity index (χ3n) is 6.97. The number of carbonyl (C=O) groups is 1. The summed E-state index contributed by atoms with van der Waals surface area (Å²) in [5.41, 5.74) is 1.51. The molecule has 10 heteroatoms. The van der Waals surface area contributed by atoms with Gasteiger partial charge in [-0.1, -0.05) is 31.2 Å². The third-order valence-corrected chi connectivity index (χ3v) is 8.37. The molecule has 1 N–H and O–H groups in total. The van der Waals surface area contributed by atoms with Crippen molar-refractivity contribution in [3.05, 3.63) is 84.2 Å². The molecular weight excluding hydrogens is 516 g/mol. The molecule has 0 saturated carbocycles. The van der Waals surface area contributed by atoms with E-state index in [9.17, 15) is 13.2 Å². The van der Waals surface area contributed by atoms with Crippen LogP contribution in [-0.4, -0.2) is 75.1 Å². The van der Waals surface area contributed by atoms with E-state index in [0.29, 0.717) is 25.4 Å². The second kappa shape index (κ2) is 12.6. The summed E-state index contributed by atoms with van der Waals surface area (Å²) < 4.78 is 40.4. The number of nitrogens with one attached hydrogen (secondary N) is 1. The molecule has 0 bridgehead atoms. The van der Waals surface area contributed by atoms with Crippen LogP contribution in [0.5, 0.6) is 5.75 Å². The topological polar surface area (TPSA) is 101 Å². The maximum Gasteiger partial charge on any atom is 0.261 e. The van der Waals surface area contributed by atoms with Gasteiger partial charge in [0.25, 0.3) is 15.9 Å². The summed E-state index contributed by atoms with van der Waals surface area (Å²) in [6, 6.07) is 18.7. The number of hydrogen-bond acceptors (Lipinski definition) is 7. The van der Waals surface area contributed by atoms with Gasteiger partial charge in [-0.15, -0.1) is 0 Å². The summed E-state index contributed by atoms with van der Waals surface area (Å²) in [5, 5.41) is 0. The highest BCUT2D eigenvalue weighted by Gasteiger charge is 2.29. The zero-order chi connectivity index (χ0) is 28.0. The van der Waals surface area contributed by atoms with Gasteiger partial charge in [-0.25, -0.2) is 8.42 Å². The van der Waals surface area contributed by atoms with Gasteiger partial charge in [0, 0.05) is 51.7 Å². The van der Waals surface area contributed by atoms with Crippen molar-refractivity contribution in [3.63, 3.8) is 0 Å². The van der Waals surface area contributed by atoms with Gasteiger partial charge in [-0.3, -0.25) is 19.4 Å². The van der Waals surface area contributed by atoms with E-state index >= 15 is 0 Å². The van der Waals surface area contributed by atoms with Gasteiger partial charge in [0.05, 0.1) is 22.3 Å². The van der Waals surface area contributed by atoms with E-state index in [1.807, 2.05) is 18.2 Å². The molecule has 208 valence electrons. The second-order valence-electron chi connectivity index (χ2n) is 9.98. The van der Waals surface area contributed by atoms with Crippen LogP contribution in [0.4, 0.5) is 5.69 Å². The molecule has 0 spiro atoms. The minimum Gasteiger partial charge on any atom is -0.491 e. The molecule has 0 radical (unpaired) electrons. The number of anilines is 1. The van der Waals surface area contributed by atoms with Crippen LogP contribution in [0, 0.1) is 5.92 Å². The second-order valence-corrected chi connectivity index (χ2v) is 11.7. The quantitative estimate of drug-likeness (QED) is 0.495. The smallest absolute Gasteiger partial charge is 0.261 e. The Hall–Kier alpha value is -3.47. The monoisotopic (exact) mass is 552 g/mol. The van der Waals surface area contributed by atoms with Crippen molar-refractivity contribution < 1.29 is 22.7 Å². The molecule has 1 amide bonds. The number of methoxy groups -OCH3 is 1. The highest BCUT2D eigenvalue weighted by molar-refractivity contribution is 7.92. The minimum absolute atomic E-state index is 0.00308. The highest BCUT2D eigenvalue weighted by atomic mass is 32.2.